The molecule has 2 amide bonds. The van der Waals surface area contributed by atoms with E-state index in [1.54, 1.807) is 0 Å². The van der Waals surface area contributed by atoms with Crippen LogP contribution >= 0.6 is 0 Å². The van der Waals surface area contributed by atoms with Gasteiger partial charge in [0.05, 0.1) is 18.7 Å². The number of nitrogens with one attached hydrogen (secondary N) is 1. The highest BCUT2D eigenvalue weighted by atomic mass is 16.5. The summed E-state index contributed by atoms with van der Waals surface area (Å²) < 4.78 is 5.32. The summed E-state index contributed by atoms with van der Waals surface area (Å²) in [5, 5.41) is 11.5. The van der Waals surface area contributed by atoms with Gasteiger partial charge >= 0.3 is 12.0 Å². The number of aliphatic carboxylic acids is 1. The molecule has 6 nitrogen and oxygen atoms in total. The van der Waals surface area contributed by atoms with Crippen molar-refractivity contribution in [3.8, 4) is 12.3 Å². The van der Waals surface area contributed by atoms with Crippen LogP contribution < -0.4 is 5.32 Å². The maximum atomic E-state index is 11.9. The Morgan fingerprint density at radius 1 is 1.61 bits per heavy atom. The summed E-state index contributed by atoms with van der Waals surface area (Å²) >= 11 is 0. The first-order valence-electron chi connectivity index (χ1n) is 5.77. The van der Waals surface area contributed by atoms with E-state index < -0.39 is 24.1 Å². The van der Waals surface area contributed by atoms with Gasteiger partial charge in [-0.2, -0.15) is 0 Å². The molecule has 1 fully saturated rings. The van der Waals surface area contributed by atoms with Crippen LogP contribution in [0.4, 0.5) is 4.79 Å². The second-order valence-corrected chi connectivity index (χ2v) is 4.60. The molecule has 18 heavy (non-hydrogen) atoms. The third kappa shape index (κ3) is 4.26. The van der Waals surface area contributed by atoms with Crippen LogP contribution in [0.5, 0.6) is 0 Å². The molecular formula is C12H18N2O4. The third-order valence-corrected chi connectivity index (χ3v) is 2.74. The Morgan fingerprint density at radius 2 is 2.33 bits per heavy atom. The zero-order valence-electron chi connectivity index (χ0n) is 10.4. The fraction of sp³-hybridized carbons (Fsp3) is 0.667. The molecule has 1 heterocycles. The van der Waals surface area contributed by atoms with Crippen molar-refractivity contribution in [1.29, 1.82) is 0 Å². The lowest BCUT2D eigenvalue weighted by Crippen LogP contribution is -2.56. The number of carbonyl (C=O) groups excluding carboxylic acids is 1. The minimum Gasteiger partial charge on any atom is -0.480 e. The lowest BCUT2D eigenvalue weighted by molar-refractivity contribution is -0.137. The van der Waals surface area contributed by atoms with E-state index >= 15 is 0 Å². The smallest absolute Gasteiger partial charge is 0.323 e. The number of carbonyl (C=O) groups is 2. The fourth-order valence-corrected chi connectivity index (χ4v) is 1.84. The van der Waals surface area contributed by atoms with Crippen molar-refractivity contribution in [2.45, 2.75) is 25.3 Å². The molecule has 0 spiro atoms. The fourth-order valence-electron chi connectivity index (χ4n) is 1.84. The molecule has 0 aromatic carbocycles. The molecule has 0 bridgehead atoms. The molecular weight excluding hydrogens is 236 g/mol. The quantitative estimate of drug-likeness (QED) is 0.706. The van der Waals surface area contributed by atoms with Crippen LogP contribution in [0.25, 0.3) is 0 Å². The average molecular weight is 254 g/mol. The Bertz CT molecular complexity index is 356. The van der Waals surface area contributed by atoms with Crippen LogP contribution in [-0.4, -0.2) is 53.8 Å². The molecule has 100 valence electrons. The second-order valence-electron chi connectivity index (χ2n) is 4.60. The number of carboxylic acids is 1. The molecule has 1 unspecified atom stereocenters. The van der Waals surface area contributed by atoms with Crippen molar-refractivity contribution in [2.75, 3.05) is 26.3 Å². The van der Waals surface area contributed by atoms with Gasteiger partial charge in [-0.3, -0.25) is 4.79 Å². The van der Waals surface area contributed by atoms with Crippen molar-refractivity contribution in [2.24, 2.45) is 0 Å². The highest BCUT2D eigenvalue weighted by molar-refractivity contribution is 5.80. The Balaban J connectivity index is 2.60. The molecule has 1 atom stereocenters. The van der Waals surface area contributed by atoms with E-state index in [0.717, 1.165) is 17.7 Å². The summed E-state index contributed by atoms with van der Waals surface area (Å²) in [4.78, 5) is 23.7. The summed E-state index contributed by atoms with van der Waals surface area (Å²) in [5.74, 6) is 1.18. The van der Waals surface area contributed by atoms with Gasteiger partial charge in [-0.1, -0.05) is 5.92 Å². The first-order chi connectivity index (χ1) is 8.47. The lowest BCUT2D eigenvalue weighted by Gasteiger charge is -2.35. The summed E-state index contributed by atoms with van der Waals surface area (Å²) in [6.45, 7) is 2.55. The van der Waals surface area contributed by atoms with Crippen molar-refractivity contribution in [3.05, 3.63) is 0 Å². The molecule has 2 N–H and O–H groups in total. The molecule has 1 saturated heterocycles. The molecule has 0 aromatic rings. The minimum absolute atomic E-state index is 0.0327. The van der Waals surface area contributed by atoms with Crippen LogP contribution in [0.15, 0.2) is 0 Å². The number of terminal acetylenes is 1. The number of hydrogen-bond acceptors (Lipinski definition) is 3. The van der Waals surface area contributed by atoms with Gasteiger partial charge in [0.1, 0.15) is 6.54 Å². The zero-order chi connectivity index (χ0) is 13.6. The van der Waals surface area contributed by atoms with Gasteiger partial charge in [-0.05, 0) is 19.8 Å². The van der Waals surface area contributed by atoms with Gasteiger partial charge in [-0.25, -0.2) is 4.79 Å². The van der Waals surface area contributed by atoms with E-state index in [1.807, 2.05) is 6.92 Å². The lowest BCUT2D eigenvalue weighted by atomic mass is 9.95. The number of amides is 2. The second kappa shape index (κ2) is 6.26. The highest BCUT2D eigenvalue weighted by Crippen LogP contribution is 2.18. The third-order valence-electron chi connectivity index (χ3n) is 2.74. The number of urea groups is 1. The van der Waals surface area contributed by atoms with Gasteiger partial charge < -0.3 is 20.1 Å². The SMILES string of the molecule is C#CCN(CC(=O)O)C(=O)NC1(C)CCCOC1. The Morgan fingerprint density at radius 3 is 2.83 bits per heavy atom. The normalized spacial score (nSPS) is 22.9. The van der Waals surface area contributed by atoms with Gasteiger partial charge in [0, 0.05) is 6.61 Å². The summed E-state index contributed by atoms with van der Waals surface area (Å²) in [7, 11) is 0. The van der Waals surface area contributed by atoms with Crippen molar-refractivity contribution < 1.29 is 19.4 Å². The molecule has 6 heteroatoms. The van der Waals surface area contributed by atoms with Gasteiger partial charge in [0.15, 0.2) is 0 Å². The number of rotatable bonds is 4. The molecule has 0 saturated carbocycles. The largest absolute Gasteiger partial charge is 0.480 e. The van der Waals surface area contributed by atoms with E-state index in [9.17, 15) is 9.59 Å². The number of hydrogen-bond donors (Lipinski definition) is 2. The molecule has 1 aliphatic rings. The maximum Gasteiger partial charge on any atom is 0.323 e. The Labute approximate surface area is 106 Å². The molecule has 0 aliphatic carbocycles. The predicted molar refractivity (Wildman–Crippen MR) is 65.0 cm³/mol. The Kier molecular flexibility index (Phi) is 4.98. The van der Waals surface area contributed by atoms with Crippen molar-refractivity contribution >= 4 is 12.0 Å². The first-order valence-corrected chi connectivity index (χ1v) is 5.77. The minimum atomic E-state index is -1.09. The van der Waals surface area contributed by atoms with E-state index in [1.165, 1.54) is 0 Å². The maximum absolute atomic E-state index is 11.9. The van der Waals surface area contributed by atoms with Crippen molar-refractivity contribution in [1.82, 2.24) is 10.2 Å². The predicted octanol–water partition coefficient (Wildman–Crippen LogP) is 0.285. The van der Waals surface area contributed by atoms with Gasteiger partial charge in [0.2, 0.25) is 0 Å². The summed E-state index contributed by atoms with van der Waals surface area (Å²) in [6.07, 6.45) is 6.79. The zero-order valence-corrected chi connectivity index (χ0v) is 10.4. The molecule has 1 aliphatic heterocycles. The van der Waals surface area contributed by atoms with Crippen LogP contribution in [0.2, 0.25) is 0 Å². The first kappa shape index (κ1) is 14.3. The molecule has 1 rings (SSSR count). The Hall–Kier alpha value is -1.74. The van der Waals surface area contributed by atoms with Gasteiger partial charge in [0.25, 0.3) is 0 Å². The van der Waals surface area contributed by atoms with E-state index in [4.69, 9.17) is 16.3 Å². The monoisotopic (exact) mass is 254 g/mol. The topological polar surface area (TPSA) is 78.9 Å². The van der Waals surface area contributed by atoms with Crippen LogP contribution in [-0.2, 0) is 9.53 Å². The van der Waals surface area contributed by atoms with Crippen LogP contribution in [0, 0.1) is 12.3 Å². The van der Waals surface area contributed by atoms with Crippen molar-refractivity contribution in [3.63, 3.8) is 0 Å². The van der Waals surface area contributed by atoms with Crippen LogP contribution in [0.1, 0.15) is 19.8 Å². The van der Waals surface area contributed by atoms with E-state index in [2.05, 4.69) is 11.2 Å². The van der Waals surface area contributed by atoms with E-state index in [-0.39, 0.29) is 6.54 Å². The molecule has 0 radical (unpaired) electrons. The standard InChI is InChI=1S/C12H18N2O4/c1-3-6-14(8-10(15)16)11(17)13-12(2)5-4-7-18-9-12/h1H,4-9H2,2H3,(H,13,17)(H,15,16). The summed E-state index contributed by atoms with van der Waals surface area (Å²) in [5.41, 5.74) is -0.458. The number of carboxylic acid groups (broad SMARTS) is 1. The van der Waals surface area contributed by atoms with Gasteiger partial charge in [-0.15, -0.1) is 6.42 Å². The average Bonchev–Trinajstić information content (AvgIpc) is 2.28. The highest BCUT2D eigenvalue weighted by Gasteiger charge is 2.31. The van der Waals surface area contributed by atoms with Crippen LogP contribution in [0.3, 0.4) is 0 Å². The summed E-state index contributed by atoms with van der Waals surface area (Å²) in [6, 6.07) is -0.469. The molecule has 0 aromatic heterocycles. The number of nitrogens with zero attached hydrogens (tertiary/aromatic N) is 1. The number of ether oxygens (including phenoxy) is 1. The van der Waals surface area contributed by atoms with E-state index in [0.29, 0.717) is 13.2 Å².